The number of halogens is 3. The lowest BCUT2D eigenvalue weighted by molar-refractivity contribution is -0.347. The summed E-state index contributed by atoms with van der Waals surface area (Å²) >= 11 is 17.1. The molecule has 0 radical (unpaired) electrons. The average Bonchev–Trinajstić information content (AvgIpc) is 2.90. The largest absolute Gasteiger partial charge is 0.369 e. The molecule has 0 bridgehead atoms. The van der Waals surface area contributed by atoms with E-state index >= 15 is 0 Å². The van der Waals surface area contributed by atoms with E-state index < -0.39 is 57.6 Å². The molecule has 208 valence electrons. The van der Waals surface area contributed by atoms with Crippen molar-refractivity contribution in [2.75, 3.05) is 19.8 Å². The Morgan fingerprint density at radius 1 is 1.03 bits per heavy atom. The normalized spacial score (nSPS) is 28.0. The van der Waals surface area contributed by atoms with Crippen molar-refractivity contribution >= 4 is 45.1 Å². The van der Waals surface area contributed by atoms with Gasteiger partial charge in [-0.05, 0) is 5.56 Å². The van der Waals surface area contributed by atoms with Crippen LogP contribution < -0.4 is 4.72 Å². The van der Waals surface area contributed by atoms with Crippen molar-refractivity contribution in [3.8, 4) is 0 Å². The first-order chi connectivity index (χ1) is 18.1. The van der Waals surface area contributed by atoms with Crippen LogP contribution in [-0.4, -0.2) is 62.7 Å². The molecule has 0 spiro atoms. The summed E-state index contributed by atoms with van der Waals surface area (Å²) in [6, 6.07) is 17.7. The van der Waals surface area contributed by atoms with Gasteiger partial charge in [0.1, 0.15) is 31.0 Å². The number of rotatable bonds is 11. The van der Waals surface area contributed by atoms with Crippen LogP contribution in [0.25, 0.3) is 0 Å². The lowest BCUT2D eigenvalue weighted by atomic mass is 9.96. The highest BCUT2D eigenvalue weighted by molar-refractivity contribution is 7.84. The van der Waals surface area contributed by atoms with Gasteiger partial charge in [-0.2, -0.15) is 13.1 Å². The zero-order valence-corrected chi connectivity index (χ0v) is 23.2. The van der Waals surface area contributed by atoms with Crippen LogP contribution in [0.4, 0.5) is 0 Å². The second-order valence-electron chi connectivity index (χ2n) is 8.58. The van der Waals surface area contributed by atoms with Crippen LogP contribution in [0.15, 0.2) is 73.3 Å². The van der Waals surface area contributed by atoms with Crippen LogP contribution in [0.1, 0.15) is 17.4 Å². The molecule has 38 heavy (non-hydrogen) atoms. The lowest BCUT2D eigenvalue weighted by Crippen LogP contribution is -2.67. The van der Waals surface area contributed by atoms with Gasteiger partial charge in [-0.3, -0.25) is 4.18 Å². The smallest absolute Gasteiger partial charge is 0.336 e. The molecule has 2 fully saturated rings. The molecule has 6 atom stereocenters. The Kier molecular flexibility index (Phi) is 10.5. The third-order valence-electron chi connectivity index (χ3n) is 5.73. The maximum absolute atomic E-state index is 12.9. The standard InChI is InChI=1S/C25H28Cl3NO8S/c1-2-13-32-24-20(29-38(30,31)35-16-25(26,27)28)22(33-14-17-9-5-3-6-10-17)21-19(36-24)15-34-23(37-21)18-11-7-4-8-12-18/h2-12,19-24,29H,1,13-16H2/t19-,20-,21-,22-,23-,24+/m1/s1. The topological polar surface area (TPSA) is 102 Å². The van der Waals surface area contributed by atoms with Gasteiger partial charge in [-0.1, -0.05) is 102 Å². The Hall–Kier alpha value is -1.28. The van der Waals surface area contributed by atoms with Gasteiger partial charge in [0.05, 0.1) is 19.8 Å². The first-order valence-electron chi connectivity index (χ1n) is 11.7. The summed E-state index contributed by atoms with van der Waals surface area (Å²) < 4.78 is 61.6. The Morgan fingerprint density at radius 2 is 1.71 bits per heavy atom. The second-order valence-corrected chi connectivity index (χ2v) is 12.5. The summed E-state index contributed by atoms with van der Waals surface area (Å²) in [5, 5.41) is 0. The third-order valence-corrected chi connectivity index (χ3v) is 7.05. The van der Waals surface area contributed by atoms with Crippen molar-refractivity contribution in [3.05, 3.63) is 84.4 Å². The number of alkyl halides is 3. The van der Waals surface area contributed by atoms with Crippen molar-refractivity contribution in [1.82, 2.24) is 4.72 Å². The van der Waals surface area contributed by atoms with Crippen molar-refractivity contribution in [2.45, 2.75) is 47.3 Å². The molecule has 4 rings (SSSR count). The van der Waals surface area contributed by atoms with Crippen LogP contribution in [0.2, 0.25) is 0 Å². The van der Waals surface area contributed by atoms with Gasteiger partial charge in [0.25, 0.3) is 0 Å². The summed E-state index contributed by atoms with van der Waals surface area (Å²) in [6.07, 6.45) is -2.53. The predicted molar refractivity (Wildman–Crippen MR) is 142 cm³/mol. The van der Waals surface area contributed by atoms with E-state index in [2.05, 4.69) is 11.3 Å². The summed E-state index contributed by atoms with van der Waals surface area (Å²) in [6.45, 7) is 3.35. The van der Waals surface area contributed by atoms with Gasteiger partial charge in [0.15, 0.2) is 12.6 Å². The molecule has 2 aliphatic heterocycles. The van der Waals surface area contributed by atoms with Crippen LogP contribution >= 0.6 is 34.8 Å². The van der Waals surface area contributed by atoms with Crippen LogP contribution in [-0.2, 0) is 44.8 Å². The molecule has 0 aliphatic carbocycles. The minimum atomic E-state index is -4.45. The van der Waals surface area contributed by atoms with E-state index in [0.717, 1.165) is 11.1 Å². The second kappa shape index (κ2) is 13.4. The number of hydrogen-bond donors (Lipinski definition) is 1. The van der Waals surface area contributed by atoms with Gasteiger partial charge in [0.2, 0.25) is 3.79 Å². The summed E-state index contributed by atoms with van der Waals surface area (Å²) in [4.78, 5) is 0. The van der Waals surface area contributed by atoms with E-state index in [1.165, 1.54) is 6.08 Å². The number of nitrogens with one attached hydrogen (secondary N) is 1. The van der Waals surface area contributed by atoms with Gasteiger partial charge >= 0.3 is 10.3 Å². The number of hydrogen-bond acceptors (Lipinski definition) is 8. The fourth-order valence-electron chi connectivity index (χ4n) is 4.09. The van der Waals surface area contributed by atoms with Gasteiger partial charge in [-0.25, -0.2) is 0 Å². The first kappa shape index (κ1) is 29.7. The SMILES string of the molecule is C=CCO[C@H]1O[C@@H]2CO[C@@H](c3ccccc3)O[C@H]2[C@H](OCc2ccccc2)[C@H]1NS(=O)(=O)OCC(Cl)(Cl)Cl. The highest BCUT2D eigenvalue weighted by atomic mass is 35.6. The Labute approximate surface area is 237 Å². The zero-order chi connectivity index (χ0) is 27.2. The van der Waals surface area contributed by atoms with Crippen molar-refractivity contribution in [2.24, 2.45) is 0 Å². The molecule has 9 nitrogen and oxygen atoms in total. The van der Waals surface area contributed by atoms with Crippen LogP contribution in [0.3, 0.4) is 0 Å². The van der Waals surface area contributed by atoms with Crippen molar-refractivity contribution < 1.29 is 36.3 Å². The van der Waals surface area contributed by atoms with Gasteiger partial charge in [-0.15, -0.1) is 6.58 Å². The highest BCUT2D eigenvalue weighted by Gasteiger charge is 2.52. The average molecular weight is 609 g/mol. The van der Waals surface area contributed by atoms with E-state index in [9.17, 15) is 8.42 Å². The van der Waals surface area contributed by atoms with E-state index in [-0.39, 0.29) is 19.8 Å². The molecule has 1 N–H and O–H groups in total. The van der Waals surface area contributed by atoms with Crippen molar-refractivity contribution in [1.29, 1.82) is 0 Å². The van der Waals surface area contributed by atoms with Gasteiger partial charge in [0, 0.05) is 5.56 Å². The summed E-state index contributed by atoms with van der Waals surface area (Å²) in [5.41, 5.74) is 1.67. The third kappa shape index (κ3) is 8.36. The molecule has 0 aromatic heterocycles. The fourth-order valence-corrected chi connectivity index (χ4v) is 5.43. The number of fused-ring (bicyclic) bond motifs is 1. The number of benzene rings is 2. The quantitative estimate of drug-likeness (QED) is 0.299. The van der Waals surface area contributed by atoms with Gasteiger partial charge < -0.3 is 23.7 Å². The summed E-state index contributed by atoms with van der Waals surface area (Å²) in [5.74, 6) is 0. The molecule has 0 saturated carbocycles. The van der Waals surface area contributed by atoms with E-state index in [4.69, 9.17) is 62.7 Å². The molecule has 0 unspecified atom stereocenters. The molecule has 2 saturated heterocycles. The van der Waals surface area contributed by atoms with Crippen LogP contribution in [0.5, 0.6) is 0 Å². The Morgan fingerprint density at radius 3 is 2.37 bits per heavy atom. The lowest BCUT2D eigenvalue weighted by Gasteiger charge is -2.49. The minimum Gasteiger partial charge on any atom is -0.369 e. The Bertz CT molecular complexity index is 1140. The first-order valence-corrected chi connectivity index (χ1v) is 14.3. The molecular weight excluding hydrogens is 581 g/mol. The highest BCUT2D eigenvalue weighted by Crippen LogP contribution is 2.36. The molecule has 2 aliphatic rings. The predicted octanol–water partition coefficient (Wildman–Crippen LogP) is 4.20. The fraction of sp³-hybridized carbons (Fsp3) is 0.440. The Balaban J connectivity index is 1.63. The molecular formula is C25H28Cl3NO8S. The van der Waals surface area contributed by atoms with E-state index in [0.29, 0.717) is 0 Å². The summed E-state index contributed by atoms with van der Waals surface area (Å²) in [7, 11) is -4.45. The number of ether oxygens (including phenoxy) is 5. The minimum absolute atomic E-state index is 0.0784. The monoisotopic (exact) mass is 607 g/mol. The van der Waals surface area contributed by atoms with Crippen molar-refractivity contribution in [3.63, 3.8) is 0 Å². The zero-order valence-electron chi connectivity index (χ0n) is 20.2. The van der Waals surface area contributed by atoms with Crippen LogP contribution in [0, 0.1) is 0 Å². The van der Waals surface area contributed by atoms with E-state index in [1.54, 1.807) is 0 Å². The molecule has 2 aromatic rings. The molecule has 2 heterocycles. The molecule has 0 amide bonds. The van der Waals surface area contributed by atoms with E-state index in [1.807, 2.05) is 60.7 Å². The maximum atomic E-state index is 12.9. The molecule has 2 aromatic carbocycles. The molecule has 13 heteroatoms. The maximum Gasteiger partial charge on any atom is 0.336 e.